The van der Waals surface area contributed by atoms with Crippen LogP contribution in [0.25, 0.3) is 0 Å². The first-order valence-corrected chi connectivity index (χ1v) is 6.20. The second-order valence-electron chi connectivity index (χ2n) is 4.71. The quantitative estimate of drug-likeness (QED) is 0.744. The van der Waals surface area contributed by atoms with E-state index in [1.165, 1.54) is 0 Å². The van der Waals surface area contributed by atoms with Gasteiger partial charge in [0.15, 0.2) is 0 Å². The molecule has 0 saturated heterocycles. The third-order valence-corrected chi connectivity index (χ3v) is 3.10. The number of hydrogen-bond donors (Lipinski definition) is 1. The number of hydrogen-bond acceptors (Lipinski definition) is 1. The van der Waals surface area contributed by atoms with E-state index in [0.717, 1.165) is 18.2 Å². The minimum atomic E-state index is -6.92. The molecule has 1 aromatic carbocycles. The summed E-state index contributed by atoms with van der Waals surface area (Å²) < 4.78 is 117. The normalized spacial score (nSPS) is 14.2. The van der Waals surface area contributed by atoms with Gasteiger partial charge in [-0.2, -0.15) is 39.5 Å². The van der Waals surface area contributed by atoms with Crippen molar-refractivity contribution in [3.05, 3.63) is 35.4 Å². The summed E-state index contributed by atoms with van der Waals surface area (Å²) in [6.07, 6.45) is -7.40. The maximum Gasteiger partial charge on any atom is 0.460 e. The average Bonchev–Trinajstić information content (AvgIpc) is 2.43. The number of aryl methyl sites for hydroxylation is 1. The van der Waals surface area contributed by atoms with Crippen LogP contribution in [0.1, 0.15) is 17.5 Å². The van der Waals surface area contributed by atoms with E-state index in [1.54, 1.807) is 0 Å². The van der Waals surface area contributed by atoms with Crippen molar-refractivity contribution in [3.8, 4) is 0 Å². The summed E-state index contributed by atoms with van der Waals surface area (Å²) in [6, 6.07) is 3.19. The number of rotatable bonds is 6. The lowest BCUT2D eigenvalue weighted by atomic mass is 9.91. The van der Waals surface area contributed by atoms with Crippen LogP contribution in [0.5, 0.6) is 0 Å². The Balaban J connectivity index is 3.41. The molecule has 0 aliphatic heterocycles. The SMILES string of the molecule is OCCCc1ccccc1C(F)(F)C(F)(F)C(F)(F)C(F)(F)F. The van der Waals surface area contributed by atoms with Crippen molar-refractivity contribution in [2.75, 3.05) is 6.61 Å². The van der Waals surface area contributed by atoms with Gasteiger partial charge in [-0.05, 0) is 18.4 Å². The van der Waals surface area contributed by atoms with Gasteiger partial charge in [-0.3, -0.25) is 0 Å². The van der Waals surface area contributed by atoms with Gasteiger partial charge in [-0.25, -0.2) is 0 Å². The molecule has 0 spiro atoms. The van der Waals surface area contributed by atoms with Gasteiger partial charge < -0.3 is 5.11 Å². The van der Waals surface area contributed by atoms with Crippen molar-refractivity contribution in [3.63, 3.8) is 0 Å². The van der Waals surface area contributed by atoms with Crippen LogP contribution in [0.2, 0.25) is 0 Å². The Morgan fingerprint density at radius 3 is 1.78 bits per heavy atom. The Kier molecular flexibility index (Phi) is 5.30. The molecule has 0 heterocycles. The van der Waals surface area contributed by atoms with E-state index in [1.807, 2.05) is 0 Å². The largest absolute Gasteiger partial charge is 0.460 e. The van der Waals surface area contributed by atoms with Crippen LogP contribution in [0.3, 0.4) is 0 Å². The van der Waals surface area contributed by atoms with E-state index in [4.69, 9.17) is 5.11 Å². The zero-order valence-electron chi connectivity index (χ0n) is 11.3. The average molecular weight is 354 g/mol. The second-order valence-corrected chi connectivity index (χ2v) is 4.71. The summed E-state index contributed by atoms with van der Waals surface area (Å²) in [7, 11) is 0. The molecule has 1 nitrogen and oxygen atoms in total. The van der Waals surface area contributed by atoms with Gasteiger partial charge in [0.05, 0.1) is 0 Å². The molecule has 1 aromatic rings. The van der Waals surface area contributed by atoms with Gasteiger partial charge in [-0.1, -0.05) is 24.3 Å². The minimum absolute atomic E-state index is 0.158. The van der Waals surface area contributed by atoms with Crippen molar-refractivity contribution in [1.29, 1.82) is 0 Å². The molecule has 132 valence electrons. The van der Waals surface area contributed by atoms with Gasteiger partial charge >= 0.3 is 23.9 Å². The van der Waals surface area contributed by atoms with E-state index in [9.17, 15) is 39.5 Å². The van der Waals surface area contributed by atoms with Crippen LogP contribution in [-0.4, -0.2) is 29.7 Å². The molecule has 1 N–H and O–H groups in total. The van der Waals surface area contributed by atoms with Crippen molar-refractivity contribution in [2.45, 2.75) is 36.8 Å². The summed E-state index contributed by atoms with van der Waals surface area (Å²) in [5.41, 5.74) is -2.19. The predicted molar refractivity (Wildman–Crippen MR) is 61.7 cm³/mol. The van der Waals surface area contributed by atoms with Crippen LogP contribution in [0.4, 0.5) is 39.5 Å². The van der Waals surface area contributed by atoms with Gasteiger partial charge in [0.25, 0.3) is 0 Å². The molecule has 0 saturated carbocycles. The van der Waals surface area contributed by atoms with Crippen LogP contribution in [0.15, 0.2) is 24.3 Å². The third kappa shape index (κ3) is 3.26. The zero-order chi connectivity index (χ0) is 18.1. The van der Waals surface area contributed by atoms with Gasteiger partial charge in [-0.15, -0.1) is 0 Å². The van der Waals surface area contributed by atoms with Crippen molar-refractivity contribution in [1.82, 2.24) is 0 Å². The number of aliphatic hydroxyl groups excluding tert-OH is 1. The van der Waals surface area contributed by atoms with E-state index >= 15 is 0 Å². The number of alkyl halides is 9. The van der Waals surface area contributed by atoms with Gasteiger partial charge in [0.2, 0.25) is 0 Å². The molecule has 0 aromatic heterocycles. The summed E-state index contributed by atoms with van der Waals surface area (Å²) in [5, 5.41) is 8.61. The molecule has 0 amide bonds. The summed E-state index contributed by atoms with van der Waals surface area (Å²) >= 11 is 0. The fourth-order valence-electron chi connectivity index (χ4n) is 1.86. The fourth-order valence-corrected chi connectivity index (χ4v) is 1.86. The lowest BCUT2D eigenvalue weighted by Gasteiger charge is -2.34. The minimum Gasteiger partial charge on any atom is -0.396 e. The van der Waals surface area contributed by atoms with Gasteiger partial charge in [0.1, 0.15) is 0 Å². The van der Waals surface area contributed by atoms with Crippen LogP contribution >= 0.6 is 0 Å². The highest BCUT2D eigenvalue weighted by molar-refractivity contribution is 5.33. The maximum absolute atomic E-state index is 13.9. The molecule has 0 atom stereocenters. The highest BCUT2D eigenvalue weighted by Crippen LogP contribution is 2.57. The molecule has 23 heavy (non-hydrogen) atoms. The standard InChI is InChI=1S/C13H11F9O/c14-10(15,11(16,17)12(18,19)13(20,21)22)9-6-2-1-4-8(9)5-3-7-23/h1-2,4,6,23H,3,5,7H2. The molecule has 1 rings (SSSR count). The summed E-state index contributed by atoms with van der Waals surface area (Å²) in [4.78, 5) is 0. The molecule has 10 heteroatoms. The molecule has 0 aliphatic carbocycles. The topological polar surface area (TPSA) is 20.2 Å². The highest BCUT2D eigenvalue weighted by atomic mass is 19.4. The van der Waals surface area contributed by atoms with E-state index in [2.05, 4.69) is 0 Å². The first-order valence-electron chi connectivity index (χ1n) is 6.20. The molecule has 0 unspecified atom stereocenters. The Labute approximate surface area is 124 Å². The Hall–Kier alpha value is -1.45. The highest BCUT2D eigenvalue weighted by Gasteiger charge is 2.82. The molecule has 0 aliphatic rings. The van der Waals surface area contributed by atoms with Crippen molar-refractivity contribution in [2.24, 2.45) is 0 Å². The number of halogens is 9. The first kappa shape index (κ1) is 19.6. The molecule has 0 bridgehead atoms. The first-order chi connectivity index (χ1) is 10.3. The fraction of sp³-hybridized carbons (Fsp3) is 0.538. The smallest absolute Gasteiger partial charge is 0.396 e. The van der Waals surface area contributed by atoms with Crippen LogP contribution < -0.4 is 0 Å². The number of aliphatic hydroxyl groups is 1. The van der Waals surface area contributed by atoms with E-state index in [0.29, 0.717) is 6.07 Å². The lowest BCUT2D eigenvalue weighted by Crippen LogP contribution is -2.59. The predicted octanol–water partition coefficient (Wildman–Crippen LogP) is 4.54. The van der Waals surface area contributed by atoms with Crippen molar-refractivity contribution >= 4 is 0 Å². The summed E-state index contributed by atoms with van der Waals surface area (Å²) in [5.74, 6) is -19.4. The molecular formula is C13H11F9O. The summed E-state index contributed by atoms with van der Waals surface area (Å²) in [6.45, 7) is -0.505. The third-order valence-electron chi connectivity index (χ3n) is 3.10. The lowest BCUT2D eigenvalue weighted by molar-refractivity contribution is -0.399. The van der Waals surface area contributed by atoms with Gasteiger partial charge in [0, 0.05) is 12.2 Å². The molecular weight excluding hydrogens is 343 g/mol. The molecule has 0 radical (unpaired) electrons. The van der Waals surface area contributed by atoms with Crippen molar-refractivity contribution < 1.29 is 44.6 Å². The van der Waals surface area contributed by atoms with Crippen LogP contribution in [0, 0.1) is 0 Å². The Bertz CT molecular complexity index is 536. The Morgan fingerprint density at radius 1 is 0.783 bits per heavy atom. The Morgan fingerprint density at radius 2 is 1.30 bits per heavy atom. The zero-order valence-corrected chi connectivity index (χ0v) is 11.3. The van der Waals surface area contributed by atoms with E-state index in [-0.39, 0.29) is 6.42 Å². The molecule has 0 fully saturated rings. The van der Waals surface area contributed by atoms with E-state index < -0.39 is 48.1 Å². The monoisotopic (exact) mass is 354 g/mol. The second kappa shape index (κ2) is 6.21. The van der Waals surface area contributed by atoms with Crippen LogP contribution in [-0.2, 0) is 12.3 Å². The number of benzene rings is 1. The maximum atomic E-state index is 13.9.